The van der Waals surface area contributed by atoms with E-state index in [4.69, 9.17) is 5.73 Å². The Morgan fingerprint density at radius 2 is 1.53 bits per heavy atom. The fraction of sp³-hybridized carbons (Fsp3) is 0.333. The summed E-state index contributed by atoms with van der Waals surface area (Å²) < 4.78 is 77.8. The third kappa shape index (κ3) is 5.39. The molecule has 0 saturated heterocycles. The monoisotopic (exact) mass is 459 g/mol. The van der Waals surface area contributed by atoms with Gasteiger partial charge in [-0.15, -0.1) is 0 Å². The van der Waals surface area contributed by atoms with Crippen molar-refractivity contribution >= 4 is 17.5 Å². The highest BCUT2D eigenvalue weighted by Gasteiger charge is 2.37. The van der Waals surface area contributed by atoms with Gasteiger partial charge in [-0.05, 0) is 48.6 Å². The number of halogens is 6. The number of hydrogen-bond acceptors (Lipinski definition) is 3. The Labute approximate surface area is 179 Å². The van der Waals surface area contributed by atoms with Gasteiger partial charge in [-0.25, -0.2) is 0 Å². The van der Waals surface area contributed by atoms with Crippen molar-refractivity contribution < 1.29 is 35.9 Å². The van der Waals surface area contributed by atoms with Crippen LogP contribution in [0.5, 0.6) is 0 Å². The zero-order valence-electron chi connectivity index (χ0n) is 16.5. The van der Waals surface area contributed by atoms with Gasteiger partial charge in [0.25, 0.3) is 5.91 Å². The first kappa shape index (κ1) is 23.6. The molecule has 32 heavy (non-hydrogen) atoms. The lowest BCUT2D eigenvalue weighted by atomic mass is 9.87. The molecule has 4 N–H and O–H groups in total. The lowest BCUT2D eigenvalue weighted by Gasteiger charge is -2.27. The van der Waals surface area contributed by atoms with Gasteiger partial charge in [0.15, 0.2) is 6.04 Å². The summed E-state index contributed by atoms with van der Waals surface area (Å²) in [5.41, 5.74) is 3.56. The van der Waals surface area contributed by atoms with E-state index in [9.17, 15) is 35.9 Å². The average Bonchev–Trinajstić information content (AvgIpc) is 2.72. The summed E-state index contributed by atoms with van der Waals surface area (Å²) in [6, 6.07) is 5.75. The van der Waals surface area contributed by atoms with Crippen molar-refractivity contribution in [3.63, 3.8) is 0 Å². The SMILES string of the molecule is NC(C(=O)Nc1cc(C(F)(F)F)cc(C(F)(F)F)c1)C(=O)NC1CCCc2ccccc21. The smallest absolute Gasteiger partial charge is 0.347 e. The minimum atomic E-state index is -5.07. The van der Waals surface area contributed by atoms with Crippen LogP contribution < -0.4 is 16.4 Å². The molecular weight excluding hydrogens is 440 g/mol. The maximum atomic E-state index is 13.0. The Balaban J connectivity index is 1.75. The number of anilines is 1. The molecule has 2 aromatic rings. The molecule has 5 nitrogen and oxygen atoms in total. The summed E-state index contributed by atoms with van der Waals surface area (Å²) >= 11 is 0. The van der Waals surface area contributed by atoms with Crippen LogP contribution in [0.4, 0.5) is 32.0 Å². The van der Waals surface area contributed by atoms with Gasteiger partial charge in [0.2, 0.25) is 5.91 Å². The largest absolute Gasteiger partial charge is 0.416 e. The number of benzene rings is 2. The first-order chi connectivity index (χ1) is 14.9. The molecule has 172 valence electrons. The van der Waals surface area contributed by atoms with Crippen molar-refractivity contribution in [2.24, 2.45) is 5.73 Å². The van der Waals surface area contributed by atoms with E-state index in [1.807, 2.05) is 23.5 Å². The maximum absolute atomic E-state index is 13.0. The van der Waals surface area contributed by atoms with Crippen LogP contribution in [-0.2, 0) is 28.4 Å². The van der Waals surface area contributed by atoms with Gasteiger partial charge < -0.3 is 16.4 Å². The fourth-order valence-electron chi connectivity index (χ4n) is 3.53. The molecule has 0 fully saturated rings. The number of alkyl halides is 6. The van der Waals surface area contributed by atoms with E-state index in [0.29, 0.717) is 18.6 Å². The molecule has 0 radical (unpaired) electrons. The van der Waals surface area contributed by atoms with Crippen LogP contribution in [-0.4, -0.2) is 17.9 Å². The van der Waals surface area contributed by atoms with Crippen molar-refractivity contribution in [3.8, 4) is 0 Å². The van der Waals surface area contributed by atoms with Crippen LogP contribution >= 0.6 is 0 Å². The molecule has 2 aromatic carbocycles. The summed E-state index contributed by atoms with van der Waals surface area (Å²) in [5.74, 6) is -2.13. The van der Waals surface area contributed by atoms with Gasteiger partial charge in [-0.2, -0.15) is 26.3 Å². The number of hydrogen-bond donors (Lipinski definition) is 3. The Bertz CT molecular complexity index is 987. The maximum Gasteiger partial charge on any atom is 0.416 e. The molecule has 0 spiro atoms. The van der Waals surface area contributed by atoms with Crippen molar-refractivity contribution in [1.82, 2.24) is 5.32 Å². The highest BCUT2D eigenvalue weighted by atomic mass is 19.4. The van der Waals surface area contributed by atoms with Crippen molar-refractivity contribution in [3.05, 3.63) is 64.7 Å². The Kier molecular flexibility index (Phi) is 6.49. The lowest BCUT2D eigenvalue weighted by molar-refractivity contribution is -0.143. The minimum Gasteiger partial charge on any atom is -0.347 e. The second-order valence-corrected chi connectivity index (χ2v) is 7.41. The van der Waals surface area contributed by atoms with Gasteiger partial charge in [-0.1, -0.05) is 24.3 Å². The number of carbonyl (C=O) groups is 2. The normalized spacial score (nSPS) is 17.3. The van der Waals surface area contributed by atoms with Gasteiger partial charge in [0.05, 0.1) is 17.2 Å². The van der Waals surface area contributed by atoms with E-state index in [1.54, 1.807) is 6.07 Å². The molecule has 2 unspecified atom stereocenters. The second-order valence-electron chi connectivity index (χ2n) is 7.41. The average molecular weight is 459 g/mol. The summed E-state index contributed by atoms with van der Waals surface area (Å²) in [4.78, 5) is 24.8. The molecule has 1 aliphatic carbocycles. The Hall–Kier alpha value is -3.08. The van der Waals surface area contributed by atoms with Crippen molar-refractivity contribution in [2.45, 2.75) is 43.7 Å². The predicted molar refractivity (Wildman–Crippen MR) is 103 cm³/mol. The molecule has 0 aromatic heterocycles. The van der Waals surface area contributed by atoms with Crippen LogP contribution in [0.25, 0.3) is 0 Å². The molecule has 0 heterocycles. The number of fused-ring (bicyclic) bond motifs is 1. The van der Waals surface area contributed by atoms with E-state index in [-0.39, 0.29) is 6.07 Å². The van der Waals surface area contributed by atoms with Crippen LogP contribution in [0, 0.1) is 0 Å². The van der Waals surface area contributed by atoms with Crippen molar-refractivity contribution in [1.29, 1.82) is 0 Å². The molecule has 0 aliphatic heterocycles. The standard InChI is InChI=1S/C21H19F6N3O2/c22-20(23,24)12-8-13(21(25,26)27)10-14(9-12)29-18(31)17(28)19(32)30-16-7-3-5-11-4-1-2-6-15(11)16/h1-2,4,6,8-10,16-17H,3,5,7,28H2,(H,29,31)(H,30,32). The van der Waals surface area contributed by atoms with Gasteiger partial charge in [-0.3, -0.25) is 9.59 Å². The number of amides is 2. The van der Waals surface area contributed by atoms with Crippen LogP contribution in [0.2, 0.25) is 0 Å². The molecule has 1 aliphatic rings. The quantitative estimate of drug-likeness (QED) is 0.474. The van der Waals surface area contributed by atoms with Gasteiger partial charge in [0.1, 0.15) is 0 Å². The molecule has 0 saturated carbocycles. The van der Waals surface area contributed by atoms with Crippen LogP contribution in [0.3, 0.4) is 0 Å². The number of rotatable bonds is 4. The highest BCUT2D eigenvalue weighted by molar-refractivity contribution is 6.10. The van der Waals surface area contributed by atoms with E-state index in [0.717, 1.165) is 24.0 Å². The zero-order valence-corrected chi connectivity index (χ0v) is 16.5. The van der Waals surface area contributed by atoms with Crippen LogP contribution in [0.15, 0.2) is 42.5 Å². The first-order valence-corrected chi connectivity index (χ1v) is 9.60. The van der Waals surface area contributed by atoms with E-state index >= 15 is 0 Å². The third-order valence-electron chi connectivity index (χ3n) is 5.11. The molecular formula is C21H19F6N3O2. The zero-order chi connectivity index (χ0) is 23.7. The highest BCUT2D eigenvalue weighted by Crippen LogP contribution is 2.37. The lowest BCUT2D eigenvalue weighted by Crippen LogP contribution is -2.49. The Morgan fingerprint density at radius 3 is 2.12 bits per heavy atom. The number of aryl methyl sites for hydroxylation is 1. The summed E-state index contributed by atoms with van der Waals surface area (Å²) in [6.45, 7) is 0. The molecule has 2 amide bonds. The summed E-state index contributed by atoms with van der Waals surface area (Å²) in [6.07, 6.45) is -7.94. The van der Waals surface area contributed by atoms with Gasteiger partial charge in [0, 0.05) is 5.69 Å². The Morgan fingerprint density at radius 1 is 0.938 bits per heavy atom. The molecule has 3 rings (SSSR count). The van der Waals surface area contributed by atoms with E-state index in [1.165, 1.54) is 0 Å². The van der Waals surface area contributed by atoms with E-state index in [2.05, 4.69) is 5.32 Å². The molecule has 0 bridgehead atoms. The second kappa shape index (κ2) is 8.81. The fourth-order valence-corrected chi connectivity index (χ4v) is 3.53. The third-order valence-corrected chi connectivity index (χ3v) is 5.11. The minimum absolute atomic E-state index is 0.0667. The summed E-state index contributed by atoms with van der Waals surface area (Å²) in [5, 5.41) is 4.51. The number of nitrogens with two attached hydrogens (primary N) is 1. The first-order valence-electron chi connectivity index (χ1n) is 9.60. The van der Waals surface area contributed by atoms with E-state index < -0.39 is 53.1 Å². The number of carbonyl (C=O) groups excluding carboxylic acids is 2. The predicted octanol–water partition coefficient (Wildman–Crippen LogP) is 4.18. The molecule has 2 atom stereocenters. The van der Waals surface area contributed by atoms with Crippen molar-refractivity contribution in [2.75, 3.05) is 5.32 Å². The topological polar surface area (TPSA) is 84.2 Å². The molecule has 11 heteroatoms. The van der Waals surface area contributed by atoms with Crippen LogP contribution in [0.1, 0.15) is 41.1 Å². The van der Waals surface area contributed by atoms with Gasteiger partial charge >= 0.3 is 12.4 Å². The summed E-state index contributed by atoms with van der Waals surface area (Å²) in [7, 11) is 0. The number of nitrogens with one attached hydrogen (secondary N) is 2.